The minimum absolute atomic E-state index is 0.0427. The van der Waals surface area contributed by atoms with Crippen LogP contribution in [0.4, 0.5) is 5.69 Å². The Morgan fingerprint density at radius 1 is 1.20 bits per heavy atom. The Bertz CT molecular complexity index is 688. The first-order valence-corrected chi connectivity index (χ1v) is 10.8. The van der Waals surface area contributed by atoms with Crippen molar-refractivity contribution in [3.8, 4) is 0 Å². The molecule has 2 N–H and O–H groups in total. The van der Waals surface area contributed by atoms with Crippen LogP contribution >= 0.6 is 46.4 Å². The Labute approximate surface area is 172 Å². The van der Waals surface area contributed by atoms with Gasteiger partial charge in [0.1, 0.15) is 0 Å². The number of carbonyl (C=O) groups excluding carboxylic acids is 1. The molecule has 4 fully saturated rings. The van der Waals surface area contributed by atoms with E-state index in [1.807, 2.05) is 18.2 Å². The fourth-order valence-electron chi connectivity index (χ4n) is 5.76. The summed E-state index contributed by atoms with van der Waals surface area (Å²) in [7, 11) is 0. The summed E-state index contributed by atoms with van der Waals surface area (Å²) < 4.78 is 1.06. The van der Waals surface area contributed by atoms with Crippen molar-refractivity contribution in [2.75, 3.05) is 5.32 Å². The van der Waals surface area contributed by atoms with Gasteiger partial charge in [0.25, 0.3) is 0 Å². The molecule has 4 saturated carbocycles. The lowest BCUT2D eigenvalue weighted by molar-refractivity contribution is -0.127. The van der Waals surface area contributed by atoms with Gasteiger partial charge in [0, 0.05) is 9.99 Å². The second-order valence-electron chi connectivity index (χ2n) is 8.22. The van der Waals surface area contributed by atoms with Gasteiger partial charge < -0.3 is 10.6 Å². The fraction of sp³-hybridized carbons (Fsp3) is 0.579. The smallest absolute Gasteiger partial charge is 0.226 e. The number of hydrogen-bond donors (Lipinski definition) is 2. The van der Waals surface area contributed by atoms with Gasteiger partial charge in [0.2, 0.25) is 5.91 Å². The zero-order valence-corrected chi connectivity index (χ0v) is 17.7. The van der Waals surface area contributed by atoms with E-state index < -0.39 is 0 Å². The van der Waals surface area contributed by atoms with Crippen LogP contribution in [-0.4, -0.2) is 11.0 Å². The van der Waals surface area contributed by atoms with E-state index >= 15 is 0 Å². The summed E-state index contributed by atoms with van der Waals surface area (Å²) in [6.07, 6.45) is 8.49. The van der Waals surface area contributed by atoms with Gasteiger partial charge in [-0.25, -0.2) is 0 Å². The molecule has 1 amide bonds. The van der Waals surface area contributed by atoms with Crippen molar-refractivity contribution in [3.63, 3.8) is 0 Å². The third-order valence-corrected chi connectivity index (χ3v) is 7.32. The highest BCUT2D eigenvalue weighted by Crippen LogP contribution is 2.61. The van der Waals surface area contributed by atoms with E-state index in [9.17, 15) is 4.79 Å². The maximum Gasteiger partial charge on any atom is 0.226 e. The molecule has 0 aliphatic heterocycles. The molecule has 0 radical (unpaired) electrons. The maximum atomic E-state index is 12.6. The van der Waals surface area contributed by atoms with Crippen molar-refractivity contribution >= 4 is 63.1 Å². The Hall–Kier alpha value is -0.400. The van der Waals surface area contributed by atoms with Crippen LogP contribution in [0.2, 0.25) is 5.02 Å². The number of benzene rings is 1. The van der Waals surface area contributed by atoms with Gasteiger partial charge in [0.05, 0.1) is 10.7 Å². The van der Waals surface area contributed by atoms with Gasteiger partial charge in [-0.3, -0.25) is 4.79 Å². The maximum absolute atomic E-state index is 12.6. The highest BCUT2D eigenvalue weighted by Gasteiger charge is 2.51. The lowest BCUT2D eigenvalue weighted by atomic mass is 9.49. The van der Waals surface area contributed by atoms with Crippen LogP contribution in [-0.2, 0) is 4.79 Å². The molecule has 4 aliphatic rings. The lowest BCUT2D eigenvalue weighted by Gasteiger charge is -2.56. The van der Waals surface area contributed by atoms with Gasteiger partial charge in [-0.05, 0) is 115 Å². The number of carbonyl (C=O) groups is 1. The number of rotatable bonds is 3. The monoisotopic (exact) mass is 488 g/mol. The summed E-state index contributed by atoms with van der Waals surface area (Å²) in [6, 6.07) is 5.70. The second-order valence-corrected chi connectivity index (χ2v) is 10.3. The Balaban J connectivity index is 1.35. The average Bonchev–Trinajstić information content (AvgIpc) is 2.47. The second kappa shape index (κ2) is 6.97. The van der Waals surface area contributed by atoms with Gasteiger partial charge in [-0.1, -0.05) is 11.6 Å². The lowest BCUT2D eigenvalue weighted by Crippen LogP contribution is -2.48. The quantitative estimate of drug-likeness (QED) is 0.444. The van der Waals surface area contributed by atoms with E-state index in [0.717, 1.165) is 27.0 Å². The van der Waals surface area contributed by atoms with Gasteiger partial charge in [-0.15, -0.1) is 0 Å². The van der Waals surface area contributed by atoms with E-state index in [0.29, 0.717) is 16.6 Å². The molecule has 6 heteroatoms. The van der Waals surface area contributed by atoms with Crippen LogP contribution in [0, 0.1) is 26.7 Å². The summed E-state index contributed by atoms with van der Waals surface area (Å²) >= 11 is 13.7. The number of hydrogen-bond acceptors (Lipinski definition) is 2. The van der Waals surface area contributed by atoms with Crippen LogP contribution in [0.15, 0.2) is 18.2 Å². The molecular weight excluding hydrogens is 467 g/mol. The van der Waals surface area contributed by atoms with E-state index in [1.54, 1.807) is 0 Å². The Kier molecular flexibility index (Phi) is 5.01. The number of anilines is 1. The molecule has 1 aromatic rings. The molecule has 0 spiro atoms. The highest BCUT2D eigenvalue weighted by atomic mass is 127. The molecular formula is C19H22ClIN2OS. The van der Waals surface area contributed by atoms with E-state index in [1.165, 1.54) is 38.5 Å². The first-order chi connectivity index (χ1) is 11.9. The molecule has 0 unspecified atom stereocenters. The van der Waals surface area contributed by atoms with Gasteiger partial charge in [-0.2, -0.15) is 0 Å². The largest absolute Gasteiger partial charge is 0.331 e. The Morgan fingerprint density at radius 3 is 2.36 bits per heavy atom. The molecule has 0 saturated heterocycles. The first kappa shape index (κ1) is 18.0. The molecule has 5 rings (SSSR count). The van der Waals surface area contributed by atoms with Crippen LogP contribution in [0.5, 0.6) is 0 Å². The summed E-state index contributed by atoms with van der Waals surface area (Å²) in [5.74, 6) is 2.61. The molecule has 0 atom stereocenters. The van der Waals surface area contributed by atoms with E-state index in [2.05, 4.69) is 33.2 Å². The predicted octanol–water partition coefficient (Wildman–Crippen LogP) is 5.36. The minimum Gasteiger partial charge on any atom is -0.331 e. The summed E-state index contributed by atoms with van der Waals surface area (Å²) in [5, 5.41) is 6.84. The van der Waals surface area contributed by atoms with Crippen molar-refractivity contribution in [1.82, 2.24) is 5.32 Å². The summed E-state index contributed by atoms with van der Waals surface area (Å²) in [6.45, 7) is 0. The van der Waals surface area contributed by atoms with Crippen LogP contribution in [0.1, 0.15) is 44.9 Å². The predicted molar refractivity (Wildman–Crippen MR) is 114 cm³/mol. The summed E-state index contributed by atoms with van der Waals surface area (Å²) in [4.78, 5) is 12.6. The zero-order valence-electron chi connectivity index (χ0n) is 14.0. The van der Waals surface area contributed by atoms with Crippen molar-refractivity contribution < 1.29 is 4.79 Å². The van der Waals surface area contributed by atoms with E-state index in [4.69, 9.17) is 23.8 Å². The minimum atomic E-state index is 0.0427. The number of amides is 1. The van der Waals surface area contributed by atoms with Crippen LogP contribution < -0.4 is 10.6 Å². The normalized spacial score (nSPS) is 32.5. The van der Waals surface area contributed by atoms with Crippen molar-refractivity contribution in [1.29, 1.82) is 0 Å². The Morgan fingerprint density at radius 2 is 1.80 bits per heavy atom. The molecule has 134 valence electrons. The number of thiocarbonyl (C=S) groups is 1. The standard InChI is InChI=1S/C19H22ClIN2OS/c20-15-6-14(21)1-2-16(15)22-18(25)23-17(24)10-19-7-11-3-12(8-19)5-13(4-11)9-19/h1-2,6,11-13H,3-5,7-10H2,(H2,22,23,24,25). The van der Waals surface area contributed by atoms with Crippen molar-refractivity contribution in [2.24, 2.45) is 23.2 Å². The fourth-order valence-corrected chi connectivity index (χ4v) is 6.89. The van der Waals surface area contributed by atoms with Crippen LogP contribution in [0.25, 0.3) is 0 Å². The molecule has 4 aliphatic carbocycles. The highest BCUT2D eigenvalue weighted by molar-refractivity contribution is 14.1. The topological polar surface area (TPSA) is 41.1 Å². The molecule has 0 heterocycles. The molecule has 0 aromatic heterocycles. The van der Waals surface area contributed by atoms with E-state index in [-0.39, 0.29) is 11.3 Å². The number of halogens is 2. The molecule has 25 heavy (non-hydrogen) atoms. The SMILES string of the molecule is O=C(CC12CC3CC(CC(C3)C1)C2)NC(=S)Nc1ccc(I)cc1Cl. The third kappa shape index (κ3) is 3.98. The third-order valence-electron chi connectivity index (χ3n) is 6.13. The first-order valence-electron chi connectivity index (χ1n) is 8.97. The molecule has 1 aromatic carbocycles. The molecule has 4 bridgehead atoms. The van der Waals surface area contributed by atoms with Crippen molar-refractivity contribution in [2.45, 2.75) is 44.9 Å². The van der Waals surface area contributed by atoms with Gasteiger partial charge in [0.15, 0.2) is 5.11 Å². The number of nitrogens with one attached hydrogen (secondary N) is 2. The van der Waals surface area contributed by atoms with Gasteiger partial charge >= 0.3 is 0 Å². The average molecular weight is 489 g/mol. The summed E-state index contributed by atoms with van der Waals surface area (Å²) in [5.41, 5.74) is 0.955. The zero-order chi connectivity index (χ0) is 17.6. The van der Waals surface area contributed by atoms with Crippen molar-refractivity contribution in [3.05, 3.63) is 26.8 Å². The van der Waals surface area contributed by atoms with Crippen LogP contribution in [0.3, 0.4) is 0 Å². The molecule has 3 nitrogen and oxygen atoms in total.